The maximum absolute atomic E-state index is 12.0. The molecule has 0 N–H and O–H groups in total. The molecule has 5 heteroatoms. The molecular formula is C15H21NO3S. The molecule has 0 bridgehead atoms. The molecule has 1 aromatic rings. The van der Waals surface area contributed by atoms with Crippen molar-refractivity contribution < 1.29 is 14.3 Å². The smallest absolute Gasteiger partial charge is 0.233 e. The summed E-state index contributed by atoms with van der Waals surface area (Å²) in [6, 6.07) is 7.99. The maximum atomic E-state index is 12.0. The molecule has 20 heavy (non-hydrogen) atoms. The van der Waals surface area contributed by atoms with Crippen molar-refractivity contribution in [2.75, 3.05) is 32.1 Å². The topological polar surface area (TPSA) is 38.8 Å². The largest absolute Gasteiger partial charge is 0.494 e. The molecule has 1 aromatic carbocycles. The summed E-state index contributed by atoms with van der Waals surface area (Å²) in [6.45, 7) is 6.49. The Labute approximate surface area is 124 Å². The van der Waals surface area contributed by atoms with Gasteiger partial charge < -0.3 is 14.4 Å². The highest BCUT2D eigenvalue weighted by molar-refractivity contribution is 8.00. The van der Waals surface area contributed by atoms with Crippen molar-refractivity contribution in [3.05, 3.63) is 29.8 Å². The second-order valence-electron chi connectivity index (χ2n) is 4.45. The summed E-state index contributed by atoms with van der Waals surface area (Å²) in [5.41, 5.74) is 1.11. The molecule has 1 unspecified atom stereocenters. The third-order valence-corrected chi connectivity index (χ3v) is 4.36. The number of amides is 1. The maximum Gasteiger partial charge on any atom is 0.233 e. The van der Waals surface area contributed by atoms with Gasteiger partial charge in [0.25, 0.3) is 0 Å². The van der Waals surface area contributed by atoms with Crippen molar-refractivity contribution in [2.45, 2.75) is 19.2 Å². The number of nitrogens with zero attached hydrogens (tertiary/aromatic N) is 1. The van der Waals surface area contributed by atoms with Crippen molar-refractivity contribution in [2.24, 2.45) is 0 Å². The molecule has 0 radical (unpaired) electrons. The number of benzene rings is 1. The average molecular weight is 295 g/mol. The molecule has 1 saturated heterocycles. The highest BCUT2D eigenvalue weighted by atomic mass is 32.2. The lowest BCUT2D eigenvalue weighted by atomic mass is 10.2. The Kier molecular flexibility index (Phi) is 5.73. The molecule has 0 saturated carbocycles. The summed E-state index contributed by atoms with van der Waals surface area (Å²) in [5.74, 6) is 1.58. The molecule has 1 fully saturated rings. The fourth-order valence-electron chi connectivity index (χ4n) is 2.20. The van der Waals surface area contributed by atoms with E-state index in [9.17, 15) is 4.79 Å². The highest BCUT2D eigenvalue weighted by Gasteiger charge is 2.32. The molecule has 1 aliphatic heterocycles. The summed E-state index contributed by atoms with van der Waals surface area (Å²) in [7, 11) is 0. The molecule has 1 aliphatic rings. The van der Waals surface area contributed by atoms with Gasteiger partial charge in [0.15, 0.2) is 0 Å². The zero-order chi connectivity index (χ0) is 14.4. The van der Waals surface area contributed by atoms with Crippen molar-refractivity contribution in [1.82, 2.24) is 4.90 Å². The van der Waals surface area contributed by atoms with E-state index in [2.05, 4.69) is 0 Å². The number of hydrogen-bond donors (Lipinski definition) is 0. The van der Waals surface area contributed by atoms with Gasteiger partial charge in [0, 0.05) is 13.2 Å². The first kappa shape index (κ1) is 15.2. The Morgan fingerprint density at radius 3 is 2.95 bits per heavy atom. The Bertz CT molecular complexity index is 452. The molecule has 4 nitrogen and oxygen atoms in total. The standard InChI is InChI=1S/C15H21NO3S/c1-3-18-9-8-16-14(17)11-20-15(16)12-6-5-7-13(10-12)19-4-2/h5-7,10,15H,3-4,8-9,11H2,1-2H3. The molecule has 2 rings (SSSR count). The van der Waals surface area contributed by atoms with E-state index in [1.165, 1.54) is 0 Å². The summed E-state index contributed by atoms with van der Waals surface area (Å²) in [4.78, 5) is 13.9. The van der Waals surface area contributed by atoms with E-state index in [4.69, 9.17) is 9.47 Å². The number of hydrogen-bond acceptors (Lipinski definition) is 4. The molecule has 0 aliphatic carbocycles. The molecule has 1 amide bonds. The van der Waals surface area contributed by atoms with Crippen molar-refractivity contribution in [3.8, 4) is 5.75 Å². The van der Waals surface area contributed by atoms with Gasteiger partial charge in [-0.1, -0.05) is 12.1 Å². The van der Waals surface area contributed by atoms with Gasteiger partial charge in [0.2, 0.25) is 5.91 Å². The van der Waals surface area contributed by atoms with Gasteiger partial charge in [-0.3, -0.25) is 4.79 Å². The second-order valence-corrected chi connectivity index (χ2v) is 5.52. The van der Waals surface area contributed by atoms with Gasteiger partial charge in [0.05, 0.1) is 19.0 Å². The molecular weight excluding hydrogens is 274 g/mol. The molecule has 110 valence electrons. The van der Waals surface area contributed by atoms with Crippen LogP contribution in [-0.4, -0.2) is 42.9 Å². The van der Waals surface area contributed by atoms with E-state index in [0.717, 1.165) is 11.3 Å². The summed E-state index contributed by atoms with van der Waals surface area (Å²) < 4.78 is 10.9. The van der Waals surface area contributed by atoms with Crippen LogP contribution in [0.4, 0.5) is 0 Å². The monoisotopic (exact) mass is 295 g/mol. The molecule has 1 atom stereocenters. The summed E-state index contributed by atoms with van der Waals surface area (Å²) in [6.07, 6.45) is 0. The van der Waals surface area contributed by atoms with E-state index in [0.29, 0.717) is 32.1 Å². The van der Waals surface area contributed by atoms with Crippen LogP contribution in [0.5, 0.6) is 5.75 Å². The molecule has 0 spiro atoms. The lowest BCUT2D eigenvalue weighted by Gasteiger charge is -2.24. The number of thioether (sulfide) groups is 1. The fraction of sp³-hybridized carbons (Fsp3) is 0.533. The first-order chi connectivity index (χ1) is 9.76. The van der Waals surface area contributed by atoms with Crippen molar-refractivity contribution in [1.29, 1.82) is 0 Å². The third-order valence-electron chi connectivity index (χ3n) is 3.10. The normalized spacial score (nSPS) is 18.6. The number of carbonyl (C=O) groups is 1. The van der Waals surface area contributed by atoms with E-state index >= 15 is 0 Å². The second kappa shape index (κ2) is 7.55. The van der Waals surface area contributed by atoms with E-state index in [1.807, 2.05) is 43.0 Å². The van der Waals surface area contributed by atoms with Crippen LogP contribution in [0.25, 0.3) is 0 Å². The van der Waals surface area contributed by atoms with Crippen molar-refractivity contribution >= 4 is 17.7 Å². The van der Waals surface area contributed by atoms with Gasteiger partial charge in [-0.05, 0) is 31.5 Å². The first-order valence-corrected chi connectivity index (χ1v) is 8.02. The predicted molar refractivity (Wildman–Crippen MR) is 81.0 cm³/mol. The minimum atomic E-state index is 0.0726. The fourth-order valence-corrected chi connectivity index (χ4v) is 3.41. The number of carbonyl (C=O) groups excluding carboxylic acids is 1. The van der Waals surface area contributed by atoms with Crippen LogP contribution in [0.3, 0.4) is 0 Å². The Morgan fingerprint density at radius 2 is 2.20 bits per heavy atom. The minimum absolute atomic E-state index is 0.0726. The number of rotatable bonds is 7. The third kappa shape index (κ3) is 3.67. The quantitative estimate of drug-likeness (QED) is 0.725. The van der Waals surface area contributed by atoms with Gasteiger partial charge in [0.1, 0.15) is 11.1 Å². The Balaban J connectivity index is 2.09. The van der Waals surface area contributed by atoms with Gasteiger partial charge >= 0.3 is 0 Å². The van der Waals surface area contributed by atoms with Crippen LogP contribution in [0.1, 0.15) is 24.8 Å². The predicted octanol–water partition coefficient (Wildman–Crippen LogP) is 2.70. The van der Waals surface area contributed by atoms with E-state index < -0.39 is 0 Å². The molecule has 0 aromatic heterocycles. The Morgan fingerprint density at radius 1 is 1.35 bits per heavy atom. The average Bonchev–Trinajstić information content (AvgIpc) is 2.81. The SMILES string of the molecule is CCOCCN1C(=O)CSC1c1cccc(OCC)c1. The van der Waals surface area contributed by atoms with Crippen molar-refractivity contribution in [3.63, 3.8) is 0 Å². The van der Waals surface area contributed by atoms with E-state index in [-0.39, 0.29) is 11.3 Å². The van der Waals surface area contributed by atoms with Gasteiger partial charge in [-0.15, -0.1) is 11.8 Å². The molecule has 1 heterocycles. The lowest BCUT2D eigenvalue weighted by molar-refractivity contribution is -0.128. The zero-order valence-electron chi connectivity index (χ0n) is 12.0. The van der Waals surface area contributed by atoms with Crippen LogP contribution in [0.15, 0.2) is 24.3 Å². The number of ether oxygens (including phenoxy) is 2. The van der Waals surface area contributed by atoms with Crippen LogP contribution in [-0.2, 0) is 9.53 Å². The van der Waals surface area contributed by atoms with Crippen LogP contribution >= 0.6 is 11.8 Å². The zero-order valence-corrected chi connectivity index (χ0v) is 12.8. The van der Waals surface area contributed by atoms with Crippen LogP contribution in [0.2, 0.25) is 0 Å². The first-order valence-electron chi connectivity index (χ1n) is 6.97. The van der Waals surface area contributed by atoms with E-state index in [1.54, 1.807) is 11.8 Å². The van der Waals surface area contributed by atoms with Crippen LogP contribution < -0.4 is 4.74 Å². The Hall–Kier alpha value is -1.20. The van der Waals surface area contributed by atoms with Gasteiger partial charge in [-0.25, -0.2) is 0 Å². The van der Waals surface area contributed by atoms with Gasteiger partial charge in [-0.2, -0.15) is 0 Å². The summed E-state index contributed by atoms with van der Waals surface area (Å²) in [5, 5.41) is 0.0726. The highest BCUT2D eigenvalue weighted by Crippen LogP contribution is 2.39. The minimum Gasteiger partial charge on any atom is -0.494 e. The lowest BCUT2D eigenvalue weighted by Crippen LogP contribution is -2.31. The summed E-state index contributed by atoms with van der Waals surface area (Å²) >= 11 is 1.66. The van der Waals surface area contributed by atoms with Crippen LogP contribution in [0, 0.1) is 0 Å².